The highest BCUT2D eigenvalue weighted by atomic mass is 19.4. The molecule has 2 amide bonds. The number of alkyl halides is 3. The normalized spacial score (nSPS) is 14.6. The van der Waals surface area contributed by atoms with Gasteiger partial charge in [0.1, 0.15) is 5.76 Å². The van der Waals surface area contributed by atoms with E-state index in [-0.39, 0.29) is 30.7 Å². The van der Waals surface area contributed by atoms with Gasteiger partial charge < -0.3 is 19.6 Å². The van der Waals surface area contributed by atoms with Gasteiger partial charge in [-0.05, 0) is 62.9 Å². The molecule has 0 bridgehead atoms. The van der Waals surface area contributed by atoms with Gasteiger partial charge in [-0.3, -0.25) is 14.6 Å². The largest absolute Gasteiger partial charge is 0.456 e. The monoisotopic (exact) mass is 538 g/mol. The van der Waals surface area contributed by atoms with Gasteiger partial charge in [-0.15, -0.1) is 0 Å². The van der Waals surface area contributed by atoms with E-state index in [0.29, 0.717) is 37.1 Å². The number of hydrogen-bond acceptors (Lipinski definition) is 4. The summed E-state index contributed by atoms with van der Waals surface area (Å²) in [4.78, 5) is 35.4. The highest BCUT2D eigenvalue weighted by Gasteiger charge is 2.41. The summed E-state index contributed by atoms with van der Waals surface area (Å²) in [5, 5.41) is 4.12. The highest BCUT2D eigenvalue weighted by molar-refractivity contribution is 5.96. The number of halogens is 3. The summed E-state index contributed by atoms with van der Waals surface area (Å²) in [5.41, 5.74) is 3.60. The fourth-order valence-corrected chi connectivity index (χ4v) is 5.23. The number of rotatable bonds is 6. The third kappa shape index (κ3) is 5.55. The summed E-state index contributed by atoms with van der Waals surface area (Å²) in [6.07, 6.45) is -1.17. The molecule has 0 saturated carbocycles. The van der Waals surface area contributed by atoms with Crippen LogP contribution in [0.4, 0.5) is 13.2 Å². The van der Waals surface area contributed by atoms with E-state index in [0.717, 1.165) is 28.2 Å². The maximum Gasteiger partial charge on any atom is 0.450 e. The topological polar surface area (TPSA) is 91.2 Å². The molecule has 0 radical (unpaired) electrons. The van der Waals surface area contributed by atoms with Crippen molar-refractivity contribution in [2.45, 2.75) is 45.2 Å². The third-order valence-corrected chi connectivity index (χ3v) is 7.18. The number of H-pyrrole nitrogens is 1. The average molecular weight is 539 g/mol. The van der Waals surface area contributed by atoms with E-state index in [1.165, 1.54) is 11.8 Å². The Labute approximate surface area is 223 Å². The number of benzene rings is 1. The van der Waals surface area contributed by atoms with Gasteiger partial charge in [0.25, 0.3) is 11.8 Å². The number of aromatic amines is 1. The third-order valence-electron chi connectivity index (χ3n) is 7.18. The number of amides is 2. The molecule has 4 heterocycles. The molecule has 0 spiro atoms. The van der Waals surface area contributed by atoms with E-state index in [4.69, 9.17) is 4.42 Å². The molecule has 204 valence electrons. The number of para-hydroxylation sites is 1. The Morgan fingerprint density at radius 2 is 1.85 bits per heavy atom. The average Bonchev–Trinajstić information content (AvgIpc) is 3.52. The predicted octanol–water partition coefficient (Wildman–Crippen LogP) is 5.78. The van der Waals surface area contributed by atoms with Crippen LogP contribution < -0.4 is 5.32 Å². The molecule has 10 heteroatoms. The molecule has 1 aliphatic rings. The number of piperidine rings is 1. The Morgan fingerprint density at radius 1 is 1.10 bits per heavy atom. The quantitative estimate of drug-likeness (QED) is 0.325. The van der Waals surface area contributed by atoms with Gasteiger partial charge in [0, 0.05) is 48.3 Å². The first kappa shape index (κ1) is 26.5. The smallest absolute Gasteiger partial charge is 0.450 e. The molecule has 39 heavy (non-hydrogen) atoms. The number of likely N-dealkylation sites (tertiary alicyclic amines) is 1. The molecule has 0 atom stereocenters. The number of furan rings is 1. The van der Waals surface area contributed by atoms with E-state index in [1.54, 1.807) is 12.1 Å². The van der Waals surface area contributed by atoms with Crippen molar-refractivity contribution in [3.05, 3.63) is 88.3 Å². The minimum absolute atomic E-state index is 0.0323. The number of nitrogens with one attached hydrogen (secondary N) is 2. The van der Waals surface area contributed by atoms with Gasteiger partial charge >= 0.3 is 6.18 Å². The van der Waals surface area contributed by atoms with Crippen LogP contribution in [0.25, 0.3) is 10.9 Å². The number of hydrogen-bond donors (Lipinski definition) is 2. The second-order valence-corrected chi connectivity index (χ2v) is 9.91. The van der Waals surface area contributed by atoms with E-state index in [9.17, 15) is 22.8 Å². The van der Waals surface area contributed by atoms with Crippen LogP contribution in [0.3, 0.4) is 0 Å². The first-order valence-corrected chi connectivity index (χ1v) is 12.9. The van der Waals surface area contributed by atoms with Crippen LogP contribution >= 0.6 is 0 Å². The lowest BCUT2D eigenvalue weighted by Gasteiger charge is -2.32. The van der Waals surface area contributed by atoms with Crippen LogP contribution in [0.15, 0.2) is 53.1 Å². The van der Waals surface area contributed by atoms with Gasteiger partial charge in [-0.25, -0.2) is 0 Å². The molecule has 0 unspecified atom stereocenters. The molecule has 2 N–H and O–H groups in total. The zero-order chi connectivity index (χ0) is 27.7. The number of aromatic nitrogens is 2. The Morgan fingerprint density at radius 3 is 2.59 bits per heavy atom. The lowest BCUT2D eigenvalue weighted by molar-refractivity contribution is -0.153. The number of fused-ring (bicyclic) bond motifs is 1. The van der Waals surface area contributed by atoms with Crippen LogP contribution in [-0.2, 0) is 12.6 Å². The van der Waals surface area contributed by atoms with Crippen molar-refractivity contribution in [3.63, 3.8) is 0 Å². The summed E-state index contributed by atoms with van der Waals surface area (Å²) in [5.74, 6) is -2.26. The van der Waals surface area contributed by atoms with Crippen LogP contribution in [-0.4, -0.2) is 46.3 Å². The van der Waals surface area contributed by atoms with Crippen molar-refractivity contribution in [3.8, 4) is 0 Å². The van der Waals surface area contributed by atoms with Crippen molar-refractivity contribution in [1.29, 1.82) is 0 Å². The van der Waals surface area contributed by atoms with Gasteiger partial charge in [0.05, 0.1) is 16.8 Å². The number of aryl methyl sites for hydroxylation is 2. The Balaban J connectivity index is 1.25. The first-order chi connectivity index (χ1) is 18.6. The molecule has 1 fully saturated rings. The van der Waals surface area contributed by atoms with E-state index < -0.39 is 23.4 Å². The number of pyridine rings is 1. The standard InChI is InChI=1S/C29H29F3N4O3/c1-17-7-8-22(27(37)33-12-9-20-16-34-24-6-4-3-5-21(20)24)25(35-17)19-10-13-36(14-11-19)28(38)23-15-18(2)39-26(23)29(30,31)32/h3-8,15-16,19,34H,9-14H2,1-2H3,(H,33,37). The van der Waals surface area contributed by atoms with Gasteiger partial charge in [0.2, 0.25) is 5.76 Å². The van der Waals surface area contributed by atoms with E-state index >= 15 is 0 Å². The summed E-state index contributed by atoms with van der Waals surface area (Å²) >= 11 is 0. The molecule has 0 aliphatic carbocycles. The zero-order valence-electron chi connectivity index (χ0n) is 21.7. The van der Waals surface area contributed by atoms with E-state index in [1.807, 2.05) is 37.4 Å². The molecule has 3 aromatic heterocycles. The van der Waals surface area contributed by atoms with Gasteiger partial charge in [-0.1, -0.05) is 18.2 Å². The lowest BCUT2D eigenvalue weighted by Crippen LogP contribution is -2.39. The van der Waals surface area contributed by atoms with E-state index in [2.05, 4.69) is 15.3 Å². The van der Waals surface area contributed by atoms with Crippen molar-refractivity contribution < 1.29 is 27.2 Å². The second-order valence-electron chi connectivity index (χ2n) is 9.91. The SMILES string of the molecule is Cc1ccc(C(=O)NCCc2c[nH]c3ccccc23)c(C2CCN(C(=O)c3cc(C)oc3C(F)(F)F)CC2)n1. The maximum atomic E-state index is 13.4. The Bertz CT molecular complexity index is 1510. The van der Waals surface area contributed by atoms with Crippen molar-refractivity contribution in [2.75, 3.05) is 19.6 Å². The Kier molecular flexibility index (Phi) is 7.20. The second kappa shape index (κ2) is 10.6. The van der Waals surface area contributed by atoms with Crippen LogP contribution in [0, 0.1) is 13.8 Å². The fraction of sp³-hybridized carbons (Fsp3) is 0.345. The maximum absolute atomic E-state index is 13.4. The molecule has 1 aliphatic heterocycles. The molecular formula is C29H29F3N4O3. The molecular weight excluding hydrogens is 509 g/mol. The van der Waals surface area contributed by atoms with Crippen molar-refractivity contribution >= 4 is 22.7 Å². The summed E-state index contributed by atoms with van der Waals surface area (Å²) in [6.45, 7) is 4.19. The number of carbonyl (C=O) groups excluding carboxylic acids is 2. The minimum Gasteiger partial charge on any atom is -0.456 e. The Hall–Kier alpha value is -4.08. The summed E-state index contributed by atoms with van der Waals surface area (Å²) in [6, 6.07) is 12.7. The van der Waals surface area contributed by atoms with Crippen LogP contribution in [0.5, 0.6) is 0 Å². The lowest BCUT2D eigenvalue weighted by atomic mass is 9.89. The summed E-state index contributed by atoms with van der Waals surface area (Å²) in [7, 11) is 0. The fourth-order valence-electron chi connectivity index (χ4n) is 5.23. The summed E-state index contributed by atoms with van der Waals surface area (Å²) < 4.78 is 44.9. The van der Waals surface area contributed by atoms with Gasteiger partial charge in [0.15, 0.2) is 0 Å². The molecule has 4 aromatic rings. The zero-order valence-corrected chi connectivity index (χ0v) is 21.7. The van der Waals surface area contributed by atoms with Gasteiger partial charge in [-0.2, -0.15) is 13.2 Å². The molecule has 5 rings (SSSR count). The number of nitrogens with zero attached hydrogens (tertiary/aromatic N) is 2. The minimum atomic E-state index is -4.75. The predicted molar refractivity (Wildman–Crippen MR) is 140 cm³/mol. The van der Waals surface area contributed by atoms with Crippen LogP contribution in [0.1, 0.15) is 67.9 Å². The first-order valence-electron chi connectivity index (χ1n) is 12.9. The van der Waals surface area contributed by atoms with Crippen molar-refractivity contribution in [1.82, 2.24) is 20.2 Å². The number of carbonyl (C=O) groups is 2. The molecule has 1 saturated heterocycles. The molecule has 7 nitrogen and oxygen atoms in total. The van der Waals surface area contributed by atoms with Crippen molar-refractivity contribution in [2.24, 2.45) is 0 Å². The highest BCUT2D eigenvalue weighted by Crippen LogP contribution is 2.36. The molecule has 1 aromatic carbocycles. The van der Waals surface area contributed by atoms with Crippen LogP contribution in [0.2, 0.25) is 0 Å².